The van der Waals surface area contributed by atoms with E-state index < -0.39 is 0 Å². The molecular formula is C19H31IN6. The highest BCUT2D eigenvalue weighted by molar-refractivity contribution is 14.0. The first kappa shape index (κ1) is 21.0. The van der Waals surface area contributed by atoms with E-state index in [9.17, 15) is 0 Å². The lowest BCUT2D eigenvalue weighted by molar-refractivity contribution is 0.267. The minimum atomic E-state index is 0. The van der Waals surface area contributed by atoms with Gasteiger partial charge in [-0.15, -0.1) is 24.0 Å². The Morgan fingerprint density at radius 3 is 2.96 bits per heavy atom. The number of rotatable bonds is 7. The Hall–Kier alpha value is -1.35. The van der Waals surface area contributed by atoms with Crippen molar-refractivity contribution in [3.05, 3.63) is 30.1 Å². The molecule has 1 atom stereocenters. The molecule has 6 nitrogen and oxygen atoms in total. The monoisotopic (exact) mass is 470 g/mol. The molecule has 2 aromatic rings. The number of aliphatic imine (C=N–C) groups is 1. The van der Waals surface area contributed by atoms with Crippen molar-refractivity contribution in [1.82, 2.24) is 25.5 Å². The molecule has 1 aliphatic heterocycles. The van der Waals surface area contributed by atoms with Crippen LogP contribution in [0.3, 0.4) is 0 Å². The Bertz CT molecular complexity index is 665. The maximum Gasteiger partial charge on any atom is 0.191 e. The minimum absolute atomic E-state index is 0. The number of imidazole rings is 1. The number of halogens is 1. The molecule has 3 N–H and O–H groups in total. The van der Waals surface area contributed by atoms with Crippen molar-refractivity contribution in [1.29, 1.82) is 0 Å². The molecule has 0 radical (unpaired) electrons. The molecule has 7 heteroatoms. The van der Waals surface area contributed by atoms with Crippen molar-refractivity contribution < 1.29 is 0 Å². The molecule has 0 amide bonds. The summed E-state index contributed by atoms with van der Waals surface area (Å²) in [6.45, 7) is 6.46. The Morgan fingerprint density at radius 2 is 2.19 bits per heavy atom. The Morgan fingerprint density at radius 1 is 1.35 bits per heavy atom. The molecule has 2 heterocycles. The number of hydrogen-bond donors (Lipinski definition) is 3. The molecular weight excluding hydrogens is 439 g/mol. The number of hydrogen-bond acceptors (Lipinski definition) is 3. The van der Waals surface area contributed by atoms with E-state index in [1.54, 1.807) is 0 Å². The first-order valence-electron chi connectivity index (χ1n) is 9.42. The third-order valence-electron chi connectivity index (χ3n) is 4.96. The molecule has 0 bridgehead atoms. The average Bonchev–Trinajstić information content (AvgIpc) is 3.26. The molecule has 1 aromatic carbocycles. The minimum Gasteiger partial charge on any atom is -0.356 e. The number of nitrogens with one attached hydrogen (secondary N) is 3. The van der Waals surface area contributed by atoms with Crippen LogP contribution in [0.5, 0.6) is 0 Å². The summed E-state index contributed by atoms with van der Waals surface area (Å²) in [5.41, 5.74) is 2.15. The topological polar surface area (TPSA) is 68.3 Å². The van der Waals surface area contributed by atoms with Gasteiger partial charge in [0.05, 0.1) is 11.0 Å². The second kappa shape index (κ2) is 10.7. The SMILES string of the molecule is CCN1CCCC1CNC(=NC)NCCCc1nc2ccccc2[nH]1.I. The van der Waals surface area contributed by atoms with E-state index in [1.807, 2.05) is 25.2 Å². The number of H-pyrrole nitrogens is 1. The number of para-hydroxylation sites is 2. The normalized spacial score (nSPS) is 18.1. The molecule has 0 aliphatic carbocycles. The molecule has 1 fully saturated rings. The van der Waals surface area contributed by atoms with E-state index in [-0.39, 0.29) is 24.0 Å². The molecule has 1 saturated heterocycles. The second-order valence-corrected chi connectivity index (χ2v) is 6.61. The fourth-order valence-electron chi connectivity index (χ4n) is 3.56. The fraction of sp³-hybridized carbons (Fsp3) is 0.579. The highest BCUT2D eigenvalue weighted by Crippen LogP contribution is 2.15. The second-order valence-electron chi connectivity index (χ2n) is 6.61. The number of likely N-dealkylation sites (tertiary alicyclic amines) is 1. The summed E-state index contributed by atoms with van der Waals surface area (Å²) in [7, 11) is 1.83. The largest absolute Gasteiger partial charge is 0.356 e. The maximum absolute atomic E-state index is 4.62. The van der Waals surface area contributed by atoms with Crippen LogP contribution in [0.25, 0.3) is 11.0 Å². The summed E-state index contributed by atoms with van der Waals surface area (Å²) in [6.07, 6.45) is 4.55. The first-order chi connectivity index (χ1) is 12.3. The van der Waals surface area contributed by atoms with Crippen LogP contribution in [-0.2, 0) is 6.42 Å². The van der Waals surface area contributed by atoms with Gasteiger partial charge >= 0.3 is 0 Å². The zero-order valence-electron chi connectivity index (χ0n) is 15.8. The lowest BCUT2D eigenvalue weighted by atomic mass is 10.2. The molecule has 1 unspecified atom stereocenters. The number of fused-ring (bicyclic) bond motifs is 1. The van der Waals surface area contributed by atoms with Crippen LogP contribution < -0.4 is 10.6 Å². The first-order valence-corrected chi connectivity index (χ1v) is 9.42. The van der Waals surface area contributed by atoms with Gasteiger partial charge in [-0.1, -0.05) is 19.1 Å². The molecule has 1 aromatic heterocycles. The Kier molecular flexibility index (Phi) is 8.64. The quantitative estimate of drug-likeness (QED) is 0.252. The summed E-state index contributed by atoms with van der Waals surface area (Å²) in [6, 6.07) is 8.80. The van der Waals surface area contributed by atoms with Crippen molar-refractivity contribution >= 4 is 41.0 Å². The average molecular weight is 470 g/mol. The Labute approximate surface area is 173 Å². The van der Waals surface area contributed by atoms with Crippen LogP contribution in [0.2, 0.25) is 0 Å². The summed E-state index contributed by atoms with van der Waals surface area (Å²) in [5, 5.41) is 6.88. The van der Waals surface area contributed by atoms with Crippen molar-refractivity contribution in [3.8, 4) is 0 Å². The molecule has 26 heavy (non-hydrogen) atoms. The van der Waals surface area contributed by atoms with Gasteiger partial charge in [0.2, 0.25) is 0 Å². The molecule has 0 spiro atoms. The van der Waals surface area contributed by atoms with Gasteiger partial charge in [-0.3, -0.25) is 9.89 Å². The van der Waals surface area contributed by atoms with E-state index in [4.69, 9.17) is 0 Å². The van der Waals surface area contributed by atoms with Crippen molar-refractivity contribution in [2.24, 2.45) is 4.99 Å². The zero-order valence-corrected chi connectivity index (χ0v) is 18.1. The molecule has 144 valence electrons. The van der Waals surface area contributed by atoms with E-state index in [0.29, 0.717) is 6.04 Å². The van der Waals surface area contributed by atoms with Crippen LogP contribution >= 0.6 is 24.0 Å². The van der Waals surface area contributed by atoms with Gasteiger partial charge in [-0.2, -0.15) is 0 Å². The predicted molar refractivity (Wildman–Crippen MR) is 119 cm³/mol. The summed E-state index contributed by atoms with van der Waals surface area (Å²) in [5.74, 6) is 1.95. The third kappa shape index (κ3) is 5.57. The zero-order chi connectivity index (χ0) is 17.5. The lowest BCUT2D eigenvalue weighted by Gasteiger charge is -2.23. The number of aryl methyl sites for hydroxylation is 1. The highest BCUT2D eigenvalue weighted by Gasteiger charge is 2.22. The van der Waals surface area contributed by atoms with Crippen LogP contribution in [0.15, 0.2) is 29.3 Å². The van der Waals surface area contributed by atoms with Crippen LogP contribution in [-0.4, -0.2) is 60.1 Å². The van der Waals surface area contributed by atoms with Gasteiger partial charge in [0.15, 0.2) is 5.96 Å². The summed E-state index contributed by atoms with van der Waals surface area (Å²) >= 11 is 0. The number of nitrogens with zero attached hydrogens (tertiary/aromatic N) is 3. The van der Waals surface area contributed by atoms with Gasteiger partial charge in [0.25, 0.3) is 0 Å². The van der Waals surface area contributed by atoms with Crippen LogP contribution in [0.4, 0.5) is 0 Å². The van der Waals surface area contributed by atoms with Crippen molar-refractivity contribution in [3.63, 3.8) is 0 Å². The number of benzene rings is 1. The van der Waals surface area contributed by atoms with Gasteiger partial charge in [0.1, 0.15) is 5.82 Å². The van der Waals surface area contributed by atoms with Gasteiger partial charge in [-0.05, 0) is 44.5 Å². The smallest absolute Gasteiger partial charge is 0.191 e. The van der Waals surface area contributed by atoms with E-state index in [1.165, 1.54) is 19.4 Å². The van der Waals surface area contributed by atoms with Crippen molar-refractivity contribution in [2.45, 2.75) is 38.6 Å². The Balaban J connectivity index is 0.00000243. The fourth-order valence-corrected chi connectivity index (χ4v) is 3.56. The summed E-state index contributed by atoms with van der Waals surface area (Å²) in [4.78, 5) is 14.9. The number of likely N-dealkylation sites (N-methyl/N-ethyl adjacent to an activating group) is 1. The van der Waals surface area contributed by atoms with E-state index in [0.717, 1.165) is 55.3 Å². The third-order valence-corrected chi connectivity index (χ3v) is 4.96. The molecule has 3 rings (SSSR count). The van der Waals surface area contributed by atoms with Gasteiger partial charge < -0.3 is 15.6 Å². The highest BCUT2D eigenvalue weighted by atomic mass is 127. The van der Waals surface area contributed by atoms with Gasteiger partial charge in [0, 0.05) is 32.6 Å². The summed E-state index contributed by atoms with van der Waals surface area (Å²) < 4.78 is 0. The standard InChI is InChI=1S/C19H30N6.HI/c1-3-25-13-7-8-15(25)14-22-19(20-2)21-12-6-11-18-23-16-9-4-5-10-17(16)24-18;/h4-5,9-10,15H,3,6-8,11-14H2,1-2H3,(H,23,24)(H2,20,21,22);1H. The number of aromatic nitrogens is 2. The number of guanidine groups is 1. The number of aromatic amines is 1. The predicted octanol–water partition coefficient (Wildman–Crippen LogP) is 2.76. The van der Waals surface area contributed by atoms with Crippen LogP contribution in [0.1, 0.15) is 32.0 Å². The molecule has 1 aliphatic rings. The molecule has 0 saturated carbocycles. The van der Waals surface area contributed by atoms with Crippen molar-refractivity contribution in [2.75, 3.05) is 33.2 Å². The van der Waals surface area contributed by atoms with Gasteiger partial charge in [-0.25, -0.2) is 4.98 Å². The van der Waals surface area contributed by atoms with E-state index >= 15 is 0 Å². The van der Waals surface area contributed by atoms with E-state index in [2.05, 4.69) is 43.5 Å². The maximum atomic E-state index is 4.62. The van der Waals surface area contributed by atoms with Crippen LogP contribution in [0, 0.1) is 0 Å². The lowest BCUT2D eigenvalue weighted by Crippen LogP contribution is -2.45.